The van der Waals surface area contributed by atoms with Gasteiger partial charge in [0.05, 0.1) is 0 Å². The fourth-order valence-corrected chi connectivity index (χ4v) is 1.74. The van der Waals surface area contributed by atoms with Crippen molar-refractivity contribution in [2.45, 2.75) is 6.92 Å². The molecule has 17 heavy (non-hydrogen) atoms. The van der Waals surface area contributed by atoms with E-state index in [1.165, 1.54) is 0 Å². The second kappa shape index (κ2) is 5.10. The largest absolute Gasteiger partial charge is 0.321 e. The average Bonchev–Trinajstić information content (AvgIpc) is 2.35. The first-order valence-corrected chi connectivity index (χ1v) is 5.94. The Morgan fingerprint density at radius 3 is 2.76 bits per heavy atom. The lowest BCUT2D eigenvalue weighted by Gasteiger charge is -2.06. The van der Waals surface area contributed by atoms with E-state index in [0.29, 0.717) is 5.69 Å². The molecule has 0 spiro atoms. The molecule has 2 rings (SSSR count). The lowest BCUT2D eigenvalue weighted by Crippen LogP contribution is -2.13. The third-order valence-corrected chi connectivity index (χ3v) is 3.18. The van der Waals surface area contributed by atoms with E-state index in [2.05, 4.69) is 26.2 Å². The highest BCUT2D eigenvalue weighted by Crippen LogP contribution is 2.20. The van der Waals surface area contributed by atoms with Crippen molar-refractivity contribution in [2.24, 2.45) is 0 Å². The lowest BCUT2D eigenvalue weighted by molar-refractivity contribution is 0.102. The molecule has 1 N–H and O–H groups in total. The van der Waals surface area contributed by atoms with Crippen molar-refractivity contribution < 1.29 is 4.79 Å². The van der Waals surface area contributed by atoms with Crippen molar-refractivity contribution in [2.75, 3.05) is 5.32 Å². The van der Waals surface area contributed by atoms with Crippen LogP contribution < -0.4 is 5.32 Å². The Kier molecular flexibility index (Phi) is 3.54. The summed E-state index contributed by atoms with van der Waals surface area (Å²) < 4.78 is 0.969. The number of rotatable bonds is 2. The summed E-state index contributed by atoms with van der Waals surface area (Å²) in [5.74, 6) is -0.207. The first kappa shape index (κ1) is 11.8. The molecule has 1 amide bonds. The molecule has 0 saturated carbocycles. The summed E-state index contributed by atoms with van der Waals surface area (Å²) in [7, 11) is 0. The predicted molar refractivity (Wildman–Crippen MR) is 71.1 cm³/mol. The fraction of sp³-hybridized carbons (Fsp3) is 0.0769. The zero-order chi connectivity index (χ0) is 12.3. The van der Waals surface area contributed by atoms with Crippen LogP contribution in [0.3, 0.4) is 0 Å². The van der Waals surface area contributed by atoms with Crippen LogP contribution in [-0.2, 0) is 0 Å². The molecule has 1 aromatic heterocycles. The third-order valence-electron chi connectivity index (χ3n) is 2.33. The van der Waals surface area contributed by atoms with Gasteiger partial charge in [-0.1, -0.05) is 28.1 Å². The van der Waals surface area contributed by atoms with Gasteiger partial charge in [-0.05, 0) is 36.8 Å². The summed E-state index contributed by atoms with van der Waals surface area (Å²) in [5, 5.41) is 2.79. The van der Waals surface area contributed by atoms with Crippen LogP contribution in [0.4, 0.5) is 5.69 Å². The third kappa shape index (κ3) is 2.91. The molecule has 0 atom stereocenters. The van der Waals surface area contributed by atoms with Gasteiger partial charge in [-0.15, -0.1) is 0 Å². The molecule has 0 bridgehead atoms. The van der Waals surface area contributed by atoms with Gasteiger partial charge in [0.2, 0.25) is 0 Å². The first-order chi connectivity index (χ1) is 8.16. The highest BCUT2D eigenvalue weighted by Gasteiger charge is 2.07. The SMILES string of the molecule is Cc1ccc(NC(=O)c2ccccn2)cc1Br. The Morgan fingerprint density at radius 1 is 1.29 bits per heavy atom. The number of hydrogen-bond acceptors (Lipinski definition) is 2. The van der Waals surface area contributed by atoms with Gasteiger partial charge in [0.15, 0.2) is 0 Å². The van der Waals surface area contributed by atoms with Crippen LogP contribution in [0.15, 0.2) is 47.1 Å². The van der Waals surface area contributed by atoms with E-state index in [9.17, 15) is 4.79 Å². The highest BCUT2D eigenvalue weighted by atomic mass is 79.9. The van der Waals surface area contributed by atoms with E-state index in [-0.39, 0.29) is 5.91 Å². The van der Waals surface area contributed by atoms with Crippen LogP contribution in [0.2, 0.25) is 0 Å². The number of pyridine rings is 1. The second-order valence-electron chi connectivity index (χ2n) is 3.63. The number of aryl methyl sites for hydroxylation is 1. The number of aromatic nitrogens is 1. The van der Waals surface area contributed by atoms with Gasteiger partial charge in [-0.3, -0.25) is 9.78 Å². The maximum absolute atomic E-state index is 11.8. The number of carbonyl (C=O) groups is 1. The average molecular weight is 291 g/mol. The maximum Gasteiger partial charge on any atom is 0.274 e. The van der Waals surface area contributed by atoms with Crippen LogP contribution >= 0.6 is 15.9 Å². The van der Waals surface area contributed by atoms with E-state index in [4.69, 9.17) is 0 Å². The summed E-state index contributed by atoms with van der Waals surface area (Å²) in [6.07, 6.45) is 1.60. The van der Waals surface area contributed by atoms with Crippen molar-refractivity contribution in [1.29, 1.82) is 0 Å². The number of amides is 1. The highest BCUT2D eigenvalue weighted by molar-refractivity contribution is 9.10. The predicted octanol–water partition coefficient (Wildman–Crippen LogP) is 3.40. The number of hydrogen-bond donors (Lipinski definition) is 1. The molecule has 86 valence electrons. The van der Waals surface area contributed by atoms with Crippen LogP contribution in [0, 0.1) is 6.92 Å². The van der Waals surface area contributed by atoms with Gasteiger partial charge in [0.25, 0.3) is 5.91 Å². The second-order valence-corrected chi connectivity index (χ2v) is 4.49. The van der Waals surface area contributed by atoms with Crippen LogP contribution in [-0.4, -0.2) is 10.9 Å². The molecule has 0 aliphatic rings. The Hall–Kier alpha value is -1.68. The fourth-order valence-electron chi connectivity index (χ4n) is 1.36. The molecule has 0 saturated heterocycles. The smallest absolute Gasteiger partial charge is 0.274 e. The van der Waals surface area contributed by atoms with Gasteiger partial charge in [-0.25, -0.2) is 0 Å². The van der Waals surface area contributed by atoms with E-state index < -0.39 is 0 Å². The van der Waals surface area contributed by atoms with Crippen molar-refractivity contribution in [3.05, 3.63) is 58.3 Å². The molecule has 2 aromatic rings. The molecule has 0 unspecified atom stereocenters. The summed E-state index contributed by atoms with van der Waals surface area (Å²) in [4.78, 5) is 15.8. The van der Waals surface area contributed by atoms with Gasteiger partial charge in [0.1, 0.15) is 5.69 Å². The van der Waals surface area contributed by atoms with E-state index in [1.54, 1.807) is 24.4 Å². The molecule has 0 radical (unpaired) electrons. The minimum absolute atomic E-state index is 0.207. The maximum atomic E-state index is 11.8. The Labute approximate surface area is 108 Å². The van der Waals surface area contributed by atoms with Crippen molar-refractivity contribution in [1.82, 2.24) is 4.98 Å². The minimum Gasteiger partial charge on any atom is -0.321 e. The van der Waals surface area contributed by atoms with Gasteiger partial charge >= 0.3 is 0 Å². The standard InChI is InChI=1S/C13H11BrN2O/c1-9-5-6-10(8-11(9)14)16-13(17)12-4-2-3-7-15-12/h2-8H,1H3,(H,16,17). The summed E-state index contributed by atoms with van der Waals surface area (Å²) in [6, 6.07) is 10.9. The number of benzene rings is 1. The van der Waals surface area contributed by atoms with Crippen molar-refractivity contribution in [3.63, 3.8) is 0 Å². The van der Waals surface area contributed by atoms with Crippen LogP contribution in [0.25, 0.3) is 0 Å². The summed E-state index contributed by atoms with van der Waals surface area (Å²) in [6.45, 7) is 1.99. The monoisotopic (exact) mass is 290 g/mol. The lowest BCUT2D eigenvalue weighted by atomic mass is 10.2. The number of nitrogens with zero attached hydrogens (tertiary/aromatic N) is 1. The number of halogens is 1. The molecular weight excluding hydrogens is 280 g/mol. The van der Waals surface area contributed by atoms with Crippen LogP contribution in [0.5, 0.6) is 0 Å². The Balaban J connectivity index is 2.16. The minimum atomic E-state index is -0.207. The number of anilines is 1. The van der Waals surface area contributed by atoms with Crippen LogP contribution in [0.1, 0.15) is 16.1 Å². The summed E-state index contributed by atoms with van der Waals surface area (Å²) >= 11 is 3.43. The normalized spacial score (nSPS) is 10.0. The van der Waals surface area contributed by atoms with Gasteiger partial charge < -0.3 is 5.32 Å². The Morgan fingerprint density at radius 2 is 2.12 bits per heavy atom. The molecular formula is C13H11BrN2O. The van der Waals surface area contributed by atoms with Gasteiger partial charge in [0, 0.05) is 16.4 Å². The number of nitrogens with one attached hydrogen (secondary N) is 1. The number of carbonyl (C=O) groups excluding carboxylic acids is 1. The summed E-state index contributed by atoms with van der Waals surface area (Å²) in [5.41, 5.74) is 2.28. The molecule has 3 nitrogen and oxygen atoms in total. The van der Waals surface area contributed by atoms with E-state index in [0.717, 1.165) is 15.7 Å². The first-order valence-electron chi connectivity index (χ1n) is 5.15. The molecule has 0 aliphatic heterocycles. The van der Waals surface area contributed by atoms with E-state index in [1.807, 2.05) is 25.1 Å². The molecule has 4 heteroatoms. The molecule has 1 aromatic carbocycles. The quantitative estimate of drug-likeness (QED) is 0.921. The zero-order valence-electron chi connectivity index (χ0n) is 9.27. The topological polar surface area (TPSA) is 42.0 Å². The van der Waals surface area contributed by atoms with Crippen molar-refractivity contribution in [3.8, 4) is 0 Å². The Bertz CT molecular complexity index is 540. The molecule has 1 heterocycles. The zero-order valence-corrected chi connectivity index (χ0v) is 10.9. The molecule has 0 fully saturated rings. The van der Waals surface area contributed by atoms with Gasteiger partial charge in [-0.2, -0.15) is 0 Å². The van der Waals surface area contributed by atoms with Crippen molar-refractivity contribution >= 4 is 27.5 Å². The molecule has 0 aliphatic carbocycles. The van der Waals surface area contributed by atoms with E-state index >= 15 is 0 Å².